The lowest BCUT2D eigenvalue weighted by Gasteiger charge is -2.33. The monoisotopic (exact) mass is 440 g/mol. The molecule has 0 aromatic rings. The van der Waals surface area contributed by atoms with Crippen LogP contribution in [0.15, 0.2) is 11.6 Å². The fourth-order valence-corrected chi connectivity index (χ4v) is 9.80. The van der Waals surface area contributed by atoms with E-state index in [2.05, 4.69) is 20.8 Å². The molecule has 0 unspecified atom stereocenters. The highest BCUT2D eigenvalue weighted by atomic mass is 28.3. The van der Waals surface area contributed by atoms with E-state index in [1.165, 1.54) is 95.3 Å². The Morgan fingerprint density at radius 3 is 1.57 bits per heavy atom. The summed E-state index contributed by atoms with van der Waals surface area (Å²) in [4.78, 5) is 22.4. The third-order valence-electron chi connectivity index (χ3n) is 6.18. The molecule has 0 aliphatic carbocycles. The molecule has 30 heavy (non-hydrogen) atoms. The minimum Gasteiger partial charge on any atom is -0.478 e. The van der Waals surface area contributed by atoms with Gasteiger partial charge in [0.15, 0.2) is 0 Å². The molecular formula is C25H48O4Si. The molecule has 176 valence electrons. The molecule has 0 saturated carbocycles. The topological polar surface area (TPSA) is 63.6 Å². The lowest BCUT2D eigenvalue weighted by atomic mass is 10.2. The summed E-state index contributed by atoms with van der Waals surface area (Å²) >= 11 is 0. The molecule has 0 amide bonds. The van der Waals surface area contributed by atoms with Gasteiger partial charge in [0.2, 0.25) is 0 Å². The van der Waals surface area contributed by atoms with Crippen molar-refractivity contribution in [3.05, 3.63) is 11.6 Å². The Labute approximate surface area is 186 Å². The smallest absolute Gasteiger partial charge is 0.333 e. The quantitative estimate of drug-likeness (QED) is 0.0909. The van der Waals surface area contributed by atoms with Gasteiger partial charge in [-0.3, -0.25) is 0 Å². The molecule has 1 N–H and O–H groups in total. The molecule has 0 rings (SSSR count). The highest BCUT2D eigenvalue weighted by molar-refractivity contribution is 6.79. The van der Waals surface area contributed by atoms with Crippen molar-refractivity contribution in [2.75, 3.05) is 6.61 Å². The highest BCUT2D eigenvalue weighted by Gasteiger charge is 2.30. The SMILES string of the molecule is CCCCC[Si](CCCCC)(CCCCC)CCCCCOC(=O)C(C)=CC(=O)O. The number of carbonyl (C=O) groups excluding carboxylic acids is 1. The Morgan fingerprint density at radius 1 is 0.733 bits per heavy atom. The van der Waals surface area contributed by atoms with Gasteiger partial charge in [-0.15, -0.1) is 0 Å². The van der Waals surface area contributed by atoms with Crippen LogP contribution in [0.4, 0.5) is 0 Å². The first-order valence-electron chi connectivity index (χ1n) is 12.5. The summed E-state index contributed by atoms with van der Waals surface area (Å²) in [5.74, 6) is -1.63. The minimum absolute atomic E-state index is 0.150. The second kappa shape index (κ2) is 18.6. The van der Waals surface area contributed by atoms with E-state index in [0.29, 0.717) is 6.61 Å². The first kappa shape index (κ1) is 28.9. The molecule has 0 aliphatic rings. The molecule has 4 nitrogen and oxygen atoms in total. The number of ether oxygens (including phenoxy) is 1. The molecule has 0 bridgehead atoms. The Hall–Kier alpha value is -1.10. The summed E-state index contributed by atoms with van der Waals surface area (Å²) in [6, 6.07) is 5.93. The van der Waals surface area contributed by atoms with E-state index in [-0.39, 0.29) is 5.57 Å². The number of rotatable bonds is 20. The van der Waals surface area contributed by atoms with Crippen LogP contribution in [0.2, 0.25) is 24.2 Å². The Morgan fingerprint density at radius 2 is 1.17 bits per heavy atom. The average molecular weight is 441 g/mol. The van der Waals surface area contributed by atoms with E-state index in [4.69, 9.17) is 9.84 Å². The number of carboxylic acid groups (broad SMARTS) is 1. The zero-order valence-electron chi connectivity index (χ0n) is 20.3. The predicted octanol–water partition coefficient (Wildman–Crippen LogP) is 7.75. The molecule has 0 fully saturated rings. The first-order chi connectivity index (χ1) is 14.4. The molecule has 0 spiro atoms. The maximum atomic E-state index is 11.8. The van der Waals surface area contributed by atoms with E-state index < -0.39 is 20.0 Å². The van der Waals surface area contributed by atoms with E-state index in [1.807, 2.05) is 0 Å². The zero-order chi connectivity index (χ0) is 22.7. The van der Waals surface area contributed by atoms with Gasteiger partial charge in [-0.05, 0) is 13.3 Å². The fraction of sp³-hybridized carbons (Fsp3) is 0.840. The third-order valence-corrected chi connectivity index (χ3v) is 11.8. The van der Waals surface area contributed by atoms with Crippen molar-refractivity contribution >= 4 is 20.0 Å². The van der Waals surface area contributed by atoms with Crippen molar-refractivity contribution in [1.29, 1.82) is 0 Å². The number of carboxylic acids is 1. The standard InChI is InChI=1S/C25H48O4Si/c1-5-8-13-18-30(19-14-9-6-2,20-15-10-7-3)21-16-11-12-17-29-25(28)23(4)22-24(26)27/h22H,5-21H2,1-4H3,(H,26,27). The third kappa shape index (κ3) is 14.8. The van der Waals surface area contributed by atoms with Crippen LogP contribution in [0.3, 0.4) is 0 Å². The Kier molecular flexibility index (Phi) is 18.0. The molecule has 0 saturated heterocycles. The van der Waals surface area contributed by atoms with Gasteiger partial charge < -0.3 is 9.84 Å². The van der Waals surface area contributed by atoms with Gasteiger partial charge in [0.25, 0.3) is 0 Å². The summed E-state index contributed by atoms with van der Waals surface area (Å²) < 4.78 is 5.22. The molecule has 5 heteroatoms. The number of carbonyl (C=O) groups is 2. The molecule has 0 atom stereocenters. The van der Waals surface area contributed by atoms with E-state index in [0.717, 1.165) is 18.9 Å². The van der Waals surface area contributed by atoms with Crippen LogP contribution in [-0.2, 0) is 14.3 Å². The van der Waals surface area contributed by atoms with Crippen molar-refractivity contribution in [3.8, 4) is 0 Å². The average Bonchev–Trinajstić information content (AvgIpc) is 2.70. The molecule has 0 radical (unpaired) electrons. The lowest BCUT2D eigenvalue weighted by Crippen LogP contribution is -2.34. The molecular weight excluding hydrogens is 392 g/mol. The number of hydrogen-bond acceptors (Lipinski definition) is 3. The molecule has 0 aliphatic heterocycles. The van der Waals surface area contributed by atoms with Crippen molar-refractivity contribution < 1.29 is 19.4 Å². The van der Waals surface area contributed by atoms with E-state index in [1.54, 1.807) is 0 Å². The van der Waals surface area contributed by atoms with Crippen LogP contribution in [0.1, 0.15) is 105 Å². The van der Waals surface area contributed by atoms with E-state index in [9.17, 15) is 9.59 Å². The van der Waals surface area contributed by atoms with Crippen LogP contribution >= 0.6 is 0 Å². The van der Waals surface area contributed by atoms with Crippen LogP contribution in [0.5, 0.6) is 0 Å². The van der Waals surface area contributed by atoms with Gasteiger partial charge >= 0.3 is 11.9 Å². The second-order valence-electron chi connectivity index (χ2n) is 8.98. The van der Waals surface area contributed by atoms with Gasteiger partial charge in [-0.1, -0.05) is 116 Å². The largest absolute Gasteiger partial charge is 0.478 e. The Bertz CT molecular complexity index is 461. The summed E-state index contributed by atoms with van der Waals surface area (Å²) in [5, 5.41) is 8.70. The highest BCUT2D eigenvalue weighted by Crippen LogP contribution is 2.34. The van der Waals surface area contributed by atoms with Gasteiger partial charge in [0, 0.05) is 11.6 Å². The maximum absolute atomic E-state index is 11.8. The first-order valence-corrected chi connectivity index (χ1v) is 15.3. The summed E-state index contributed by atoms with van der Waals surface area (Å²) in [5.41, 5.74) is 0.150. The molecule has 0 aromatic heterocycles. The number of esters is 1. The zero-order valence-corrected chi connectivity index (χ0v) is 21.3. The van der Waals surface area contributed by atoms with Crippen LogP contribution in [-0.4, -0.2) is 31.7 Å². The number of hydrogen-bond donors (Lipinski definition) is 1. The fourth-order valence-electron chi connectivity index (χ4n) is 4.30. The van der Waals surface area contributed by atoms with Crippen molar-refractivity contribution in [2.24, 2.45) is 0 Å². The number of unbranched alkanes of at least 4 members (excludes halogenated alkanes) is 8. The van der Waals surface area contributed by atoms with Gasteiger partial charge in [-0.25, -0.2) is 9.59 Å². The van der Waals surface area contributed by atoms with Crippen LogP contribution in [0.25, 0.3) is 0 Å². The normalized spacial score (nSPS) is 12.2. The van der Waals surface area contributed by atoms with Crippen LogP contribution in [0, 0.1) is 0 Å². The summed E-state index contributed by atoms with van der Waals surface area (Å²) in [6.07, 6.45) is 16.4. The molecule has 0 aromatic carbocycles. The predicted molar refractivity (Wildman–Crippen MR) is 130 cm³/mol. The Balaban J connectivity index is 4.57. The van der Waals surface area contributed by atoms with Gasteiger partial charge in [0.1, 0.15) is 0 Å². The van der Waals surface area contributed by atoms with Crippen molar-refractivity contribution in [1.82, 2.24) is 0 Å². The summed E-state index contributed by atoms with van der Waals surface area (Å²) in [6.45, 7) is 8.77. The van der Waals surface area contributed by atoms with Gasteiger partial charge in [0.05, 0.1) is 14.7 Å². The van der Waals surface area contributed by atoms with Gasteiger partial charge in [-0.2, -0.15) is 0 Å². The number of aliphatic carboxylic acids is 1. The maximum Gasteiger partial charge on any atom is 0.333 e. The lowest BCUT2D eigenvalue weighted by molar-refractivity contribution is -0.140. The summed E-state index contributed by atoms with van der Waals surface area (Å²) in [7, 11) is -1.21. The van der Waals surface area contributed by atoms with E-state index >= 15 is 0 Å². The second-order valence-corrected chi connectivity index (χ2v) is 14.0. The van der Waals surface area contributed by atoms with Crippen LogP contribution < -0.4 is 0 Å². The minimum atomic E-state index is -1.21. The van der Waals surface area contributed by atoms with Crippen molar-refractivity contribution in [2.45, 2.75) is 129 Å². The molecule has 0 heterocycles. The van der Waals surface area contributed by atoms with Crippen molar-refractivity contribution in [3.63, 3.8) is 0 Å².